The Balaban J connectivity index is 1.58. The zero-order valence-electron chi connectivity index (χ0n) is 16.0. The number of fused-ring (bicyclic) bond motifs is 1. The first-order valence-corrected chi connectivity index (χ1v) is 9.38. The van der Waals surface area contributed by atoms with Gasteiger partial charge in [-0.3, -0.25) is 14.9 Å². The van der Waals surface area contributed by atoms with Gasteiger partial charge in [-0.1, -0.05) is 12.1 Å². The van der Waals surface area contributed by atoms with Crippen LogP contribution in [0.5, 0.6) is 0 Å². The van der Waals surface area contributed by atoms with Crippen LogP contribution in [0.1, 0.15) is 16.1 Å². The van der Waals surface area contributed by atoms with Crippen LogP contribution >= 0.6 is 0 Å². The van der Waals surface area contributed by atoms with Crippen molar-refractivity contribution in [3.8, 4) is 0 Å². The number of pyridine rings is 1. The van der Waals surface area contributed by atoms with Gasteiger partial charge in [-0.25, -0.2) is 4.98 Å². The Bertz CT molecular complexity index is 1090. The van der Waals surface area contributed by atoms with Crippen LogP contribution in [-0.4, -0.2) is 42.0 Å². The molecule has 4 rings (SSSR count). The number of carbonyl (C=O) groups is 1. The fourth-order valence-corrected chi connectivity index (χ4v) is 3.79. The van der Waals surface area contributed by atoms with Crippen molar-refractivity contribution in [1.29, 1.82) is 0 Å². The molecule has 1 aromatic heterocycles. The average molecular weight is 391 g/mol. The molecular formula is C21H21N5O3. The Labute approximate surface area is 167 Å². The monoisotopic (exact) mass is 391 g/mol. The molecule has 8 heteroatoms. The second-order valence-corrected chi connectivity index (χ2v) is 7.10. The van der Waals surface area contributed by atoms with Gasteiger partial charge in [-0.15, -0.1) is 0 Å². The van der Waals surface area contributed by atoms with Crippen molar-refractivity contribution in [1.82, 2.24) is 4.98 Å². The van der Waals surface area contributed by atoms with Gasteiger partial charge in [0.2, 0.25) is 5.91 Å². The Morgan fingerprint density at radius 1 is 1.07 bits per heavy atom. The van der Waals surface area contributed by atoms with E-state index in [1.165, 1.54) is 6.07 Å². The molecule has 1 aliphatic rings. The third-order valence-electron chi connectivity index (χ3n) is 5.26. The number of nitrogens with two attached hydrogens (primary N) is 1. The van der Waals surface area contributed by atoms with Crippen LogP contribution in [0.25, 0.3) is 10.9 Å². The number of amides is 1. The Hall–Kier alpha value is -3.68. The molecule has 2 heterocycles. The van der Waals surface area contributed by atoms with Crippen molar-refractivity contribution in [3.05, 3.63) is 69.9 Å². The second kappa shape index (κ2) is 7.38. The van der Waals surface area contributed by atoms with E-state index in [1.807, 2.05) is 31.2 Å². The molecule has 0 bridgehead atoms. The first-order chi connectivity index (χ1) is 13.9. The summed E-state index contributed by atoms with van der Waals surface area (Å²) >= 11 is 0. The molecular weight excluding hydrogens is 370 g/mol. The number of hydrogen-bond acceptors (Lipinski definition) is 6. The molecule has 0 unspecified atom stereocenters. The van der Waals surface area contributed by atoms with Gasteiger partial charge in [-0.05, 0) is 37.3 Å². The van der Waals surface area contributed by atoms with Crippen LogP contribution in [0.4, 0.5) is 17.1 Å². The predicted molar refractivity (Wildman–Crippen MR) is 113 cm³/mol. The number of piperazine rings is 1. The molecule has 2 aromatic carbocycles. The highest BCUT2D eigenvalue weighted by Gasteiger charge is 2.22. The van der Waals surface area contributed by atoms with Gasteiger partial charge in [-0.2, -0.15) is 0 Å². The lowest BCUT2D eigenvalue weighted by Gasteiger charge is -2.38. The maximum Gasteiger partial charge on any atom is 0.295 e. The smallest absolute Gasteiger partial charge is 0.295 e. The number of non-ortho nitro benzene ring substituents is 1. The molecule has 148 valence electrons. The Kier molecular flexibility index (Phi) is 4.75. The summed E-state index contributed by atoms with van der Waals surface area (Å²) in [5.74, 6) is -0.435. The highest BCUT2D eigenvalue weighted by Crippen LogP contribution is 2.33. The molecule has 0 spiro atoms. The SMILES string of the molecule is Cc1cc(N2CCN(c3ccc(C(N)=O)cc3)CC2)c2cccc([N+](=O)[O-])c2n1. The van der Waals surface area contributed by atoms with Gasteiger partial charge in [0.25, 0.3) is 5.69 Å². The highest BCUT2D eigenvalue weighted by atomic mass is 16.6. The molecule has 1 amide bonds. The summed E-state index contributed by atoms with van der Waals surface area (Å²) in [6, 6.07) is 14.4. The quantitative estimate of drug-likeness (QED) is 0.541. The molecule has 0 radical (unpaired) electrons. The third-order valence-corrected chi connectivity index (χ3v) is 5.26. The summed E-state index contributed by atoms with van der Waals surface area (Å²) in [7, 11) is 0. The Morgan fingerprint density at radius 3 is 2.34 bits per heavy atom. The van der Waals surface area contributed by atoms with E-state index in [4.69, 9.17) is 5.73 Å². The summed E-state index contributed by atoms with van der Waals surface area (Å²) in [5.41, 5.74) is 9.03. The molecule has 1 aliphatic heterocycles. The van der Waals surface area contributed by atoms with E-state index in [1.54, 1.807) is 18.2 Å². The normalized spacial score (nSPS) is 14.2. The summed E-state index contributed by atoms with van der Waals surface area (Å²) in [5, 5.41) is 12.2. The lowest BCUT2D eigenvalue weighted by atomic mass is 10.1. The van der Waals surface area contributed by atoms with Crippen LogP contribution in [0, 0.1) is 17.0 Å². The fraction of sp³-hybridized carbons (Fsp3) is 0.238. The van der Waals surface area contributed by atoms with E-state index < -0.39 is 5.91 Å². The van der Waals surface area contributed by atoms with E-state index in [0.717, 1.165) is 48.6 Å². The molecule has 1 fully saturated rings. The number of primary amides is 1. The molecule has 0 atom stereocenters. The van der Waals surface area contributed by atoms with Crippen molar-refractivity contribution in [2.24, 2.45) is 5.73 Å². The number of benzene rings is 2. The van der Waals surface area contributed by atoms with Crippen molar-refractivity contribution in [3.63, 3.8) is 0 Å². The first kappa shape index (κ1) is 18.7. The van der Waals surface area contributed by atoms with E-state index >= 15 is 0 Å². The van der Waals surface area contributed by atoms with Gasteiger partial charge in [0.05, 0.1) is 4.92 Å². The van der Waals surface area contributed by atoms with Gasteiger partial charge >= 0.3 is 0 Å². The van der Waals surface area contributed by atoms with Crippen molar-refractivity contribution in [2.45, 2.75) is 6.92 Å². The van der Waals surface area contributed by atoms with E-state index in [9.17, 15) is 14.9 Å². The minimum atomic E-state index is -0.435. The molecule has 8 nitrogen and oxygen atoms in total. The fourth-order valence-electron chi connectivity index (χ4n) is 3.79. The highest BCUT2D eigenvalue weighted by molar-refractivity contribution is 5.97. The standard InChI is InChI=1S/C21H21N5O3/c1-14-13-19(17-3-2-4-18(26(28)29)20(17)23-14)25-11-9-24(10-12-25)16-7-5-15(6-8-16)21(22)27/h2-8,13H,9-12H2,1H3,(H2,22,27). The maximum atomic E-state index is 11.4. The number of nitrogens with zero attached hydrogens (tertiary/aromatic N) is 4. The van der Waals surface area contributed by atoms with Crippen LogP contribution in [0.15, 0.2) is 48.5 Å². The largest absolute Gasteiger partial charge is 0.368 e. The zero-order valence-corrected chi connectivity index (χ0v) is 16.0. The summed E-state index contributed by atoms with van der Waals surface area (Å²) in [6.45, 7) is 5.01. The molecule has 1 saturated heterocycles. The number of carbonyl (C=O) groups excluding carboxylic acids is 1. The molecule has 29 heavy (non-hydrogen) atoms. The second-order valence-electron chi connectivity index (χ2n) is 7.10. The van der Waals surface area contributed by atoms with Gasteiger partial charge in [0.15, 0.2) is 5.52 Å². The van der Waals surface area contributed by atoms with Crippen molar-refractivity contribution in [2.75, 3.05) is 36.0 Å². The number of para-hydroxylation sites is 1. The average Bonchev–Trinajstić information content (AvgIpc) is 2.73. The molecule has 0 aliphatic carbocycles. The van der Waals surface area contributed by atoms with Crippen molar-refractivity contribution >= 4 is 33.9 Å². The van der Waals surface area contributed by atoms with Crippen molar-refractivity contribution < 1.29 is 9.72 Å². The van der Waals surface area contributed by atoms with Crippen LogP contribution < -0.4 is 15.5 Å². The van der Waals surface area contributed by atoms with E-state index in [-0.39, 0.29) is 10.6 Å². The summed E-state index contributed by atoms with van der Waals surface area (Å²) in [6.07, 6.45) is 0. The zero-order chi connectivity index (χ0) is 20.5. The summed E-state index contributed by atoms with van der Waals surface area (Å²) < 4.78 is 0. The molecule has 3 aromatic rings. The number of nitro groups is 1. The van der Waals surface area contributed by atoms with Gasteiger partial charge in [0.1, 0.15) is 0 Å². The summed E-state index contributed by atoms with van der Waals surface area (Å²) in [4.78, 5) is 31.2. The minimum Gasteiger partial charge on any atom is -0.368 e. The predicted octanol–water partition coefficient (Wildman–Crippen LogP) is 2.88. The number of rotatable bonds is 4. The first-order valence-electron chi connectivity index (χ1n) is 9.38. The maximum absolute atomic E-state index is 11.4. The topological polar surface area (TPSA) is 106 Å². The lowest BCUT2D eigenvalue weighted by Crippen LogP contribution is -2.46. The van der Waals surface area contributed by atoms with E-state index in [0.29, 0.717) is 11.1 Å². The number of aryl methyl sites for hydroxylation is 1. The number of hydrogen-bond donors (Lipinski definition) is 1. The van der Waals surface area contributed by atoms with Crippen LogP contribution in [-0.2, 0) is 0 Å². The van der Waals surface area contributed by atoms with Crippen LogP contribution in [0.2, 0.25) is 0 Å². The number of aromatic nitrogens is 1. The minimum absolute atomic E-state index is 0.0284. The van der Waals surface area contributed by atoms with E-state index in [2.05, 4.69) is 14.8 Å². The molecule has 2 N–H and O–H groups in total. The van der Waals surface area contributed by atoms with Gasteiger partial charge in [0, 0.05) is 60.3 Å². The van der Waals surface area contributed by atoms with Crippen LogP contribution in [0.3, 0.4) is 0 Å². The van der Waals surface area contributed by atoms with Gasteiger partial charge < -0.3 is 15.5 Å². The lowest BCUT2D eigenvalue weighted by molar-refractivity contribution is -0.383. The molecule has 0 saturated carbocycles. The number of nitro benzene ring substituents is 1. The number of anilines is 2. The Morgan fingerprint density at radius 2 is 1.72 bits per heavy atom. The third kappa shape index (κ3) is 3.56.